The third-order valence-corrected chi connectivity index (χ3v) is 4.02. The molecular formula is C12H21N5O. The Bertz CT molecular complexity index is 367. The van der Waals surface area contributed by atoms with E-state index >= 15 is 0 Å². The molecule has 0 saturated carbocycles. The molecule has 1 atom stereocenters. The number of urea groups is 1. The molecule has 2 fully saturated rings. The first kappa shape index (κ1) is 13.0. The summed E-state index contributed by atoms with van der Waals surface area (Å²) in [6.07, 6.45) is 4.44. The van der Waals surface area contributed by atoms with Gasteiger partial charge in [-0.2, -0.15) is 5.10 Å². The van der Waals surface area contributed by atoms with Crippen molar-refractivity contribution in [2.24, 2.45) is 5.10 Å². The number of likely N-dealkylation sites (tertiary alicyclic amines) is 2. The van der Waals surface area contributed by atoms with Gasteiger partial charge in [-0.15, -0.1) is 0 Å². The number of hydrogen-bond donors (Lipinski definition) is 2. The molecule has 0 radical (unpaired) electrons. The Balaban J connectivity index is 1.94. The average molecular weight is 251 g/mol. The molecule has 0 aromatic carbocycles. The number of hydrazone groups is 1. The van der Waals surface area contributed by atoms with E-state index in [1.54, 1.807) is 0 Å². The average Bonchev–Trinajstić information content (AvgIpc) is 2.75. The van der Waals surface area contributed by atoms with E-state index in [-0.39, 0.29) is 11.6 Å². The Morgan fingerprint density at radius 1 is 1.44 bits per heavy atom. The second kappa shape index (κ2) is 5.06. The fraction of sp³-hybridized carbons (Fsp3) is 0.750. The maximum atomic E-state index is 11.9. The fourth-order valence-electron chi connectivity index (χ4n) is 2.80. The standard InChI is InChI=1S/C12H21N5O/c1-10(2)16-7-3-12(9-16)4-8-17(12)11(18)15-14-6-5-13/h5-6,10,13H,3-4,7-9H2,1-2H3,(H,15,18)/b13-5?,14-6-. The molecule has 1 spiro atoms. The van der Waals surface area contributed by atoms with Crippen molar-refractivity contribution < 1.29 is 4.79 Å². The van der Waals surface area contributed by atoms with Crippen molar-refractivity contribution in [3.8, 4) is 0 Å². The quantitative estimate of drug-likeness (QED) is 0.577. The zero-order valence-electron chi connectivity index (χ0n) is 11.0. The molecule has 0 aromatic heterocycles. The highest BCUT2D eigenvalue weighted by atomic mass is 16.2. The lowest BCUT2D eigenvalue weighted by atomic mass is 9.84. The Morgan fingerprint density at radius 2 is 2.17 bits per heavy atom. The first-order chi connectivity index (χ1) is 8.59. The van der Waals surface area contributed by atoms with E-state index in [4.69, 9.17) is 5.41 Å². The molecule has 2 heterocycles. The monoisotopic (exact) mass is 251 g/mol. The number of amides is 2. The van der Waals surface area contributed by atoms with E-state index < -0.39 is 0 Å². The highest BCUT2D eigenvalue weighted by Gasteiger charge is 2.51. The smallest absolute Gasteiger partial charge is 0.316 e. The van der Waals surface area contributed by atoms with Crippen molar-refractivity contribution in [2.75, 3.05) is 19.6 Å². The van der Waals surface area contributed by atoms with Crippen molar-refractivity contribution in [3.63, 3.8) is 0 Å². The molecule has 2 aliphatic rings. The summed E-state index contributed by atoms with van der Waals surface area (Å²) in [5.74, 6) is 0. The van der Waals surface area contributed by atoms with Crippen LogP contribution in [0, 0.1) is 5.41 Å². The number of rotatable bonds is 3. The van der Waals surface area contributed by atoms with Crippen LogP contribution in [0.2, 0.25) is 0 Å². The summed E-state index contributed by atoms with van der Waals surface area (Å²) in [5, 5.41) is 10.5. The van der Waals surface area contributed by atoms with Crippen LogP contribution in [0.3, 0.4) is 0 Å². The van der Waals surface area contributed by atoms with Gasteiger partial charge in [0.05, 0.1) is 11.8 Å². The number of carbonyl (C=O) groups is 1. The van der Waals surface area contributed by atoms with Gasteiger partial charge >= 0.3 is 6.03 Å². The minimum Gasteiger partial charge on any atom is -0.316 e. The van der Waals surface area contributed by atoms with Gasteiger partial charge in [0.2, 0.25) is 0 Å². The summed E-state index contributed by atoms with van der Waals surface area (Å²) in [4.78, 5) is 16.2. The van der Waals surface area contributed by atoms with E-state index in [0.717, 1.165) is 38.7 Å². The highest BCUT2D eigenvalue weighted by Crippen LogP contribution is 2.39. The first-order valence-corrected chi connectivity index (χ1v) is 6.43. The molecule has 1 unspecified atom stereocenters. The highest BCUT2D eigenvalue weighted by molar-refractivity contribution is 6.14. The molecular weight excluding hydrogens is 230 g/mol. The third kappa shape index (κ3) is 2.25. The SMILES string of the molecule is CC(C)N1CCC2(CCN2C(=O)N/N=C\C=N)C1. The number of carbonyl (C=O) groups excluding carboxylic acids is 1. The lowest BCUT2D eigenvalue weighted by molar-refractivity contribution is 0.0284. The van der Waals surface area contributed by atoms with Crippen LogP contribution in [0.1, 0.15) is 26.7 Å². The summed E-state index contributed by atoms with van der Waals surface area (Å²) in [6, 6.07) is 0.385. The van der Waals surface area contributed by atoms with E-state index in [1.807, 2.05) is 4.90 Å². The fourth-order valence-corrected chi connectivity index (χ4v) is 2.80. The summed E-state index contributed by atoms with van der Waals surface area (Å²) < 4.78 is 0. The van der Waals surface area contributed by atoms with E-state index in [9.17, 15) is 4.79 Å². The van der Waals surface area contributed by atoms with Gasteiger partial charge < -0.3 is 10.3 Å². The molecule has 2 N–H and O–H groups in total. The topological polar surface area (TPSA) is 71.8 Å². The minimum absolute atomic E-state index is 0.0224. The predicted molar refractivity (Wildman–Crippen MR) is 71.2 cm³/mol. The van der Waals surface area contributed by atoms with Gasteiger partial charge in [0.15, 0.2) is 0 Å². The van der Waals surface area contributed by atoms with Gasteiger partial charge in [-0.1, -0.05) is 0 Å². The zero-order chi connectivity index (χ0) is 13.2. The van der Waals surface area contributed by atoms with Gasteiger partial charge in [-0.25, -0.2) is 10.2 Å². The zero-order valence-corrected chi connectivity index (χ0v) is 11.0. The lowest BCUT2D eigenvalue weighted by Gasteiger charge is -2.50. The lowest BCUT2D eigenvalue weighted by Crippen LogP contribution is -2.65. The molecule has 2 rings (SSSR count). The van der Waals surface area contributed by atoms with Crippen LogP contribution in [0.15, 0.2) is 5.10 Å². The molecule has 18 heavy (non-hydrogen) atoms. The van der Waals surface area contributed by atoms with Crippen LogP contribution in [0.5, 0.6) is 0 Å². The normalized spacial score (nSPS) is 28.1. The van der Waals surface area contributed by atoms with Crippen molar-refractivity contribution in [3.05, 3.63) is 0 Å². The van der Waals surface area contributed by atoms with E-state index in [0.29, 0.717) is 6.04 Å². The molecule has 0 aromatic rings. The third-order valence-electron chi connectivity index (χ3n) is 4.02. The van der Waals surface area contributed by atoms with Crippen LogP contribution in [-0.4, -0.2) is 59.5 Å². The van der Waals surface area contributed by atoms with Gasteiger partial charge in [-0.05, 0) is 26.7 Å². The Hall–Kier alpha value is -1.43. The second-order valence-corrected chi connectivity index (χ2v) is 5.30. The Morgan fingerprint density at radius 3 is 2.67 bits per heavy atom. The number of hydrogen-bond acceptors (Lipinski definition) is 4. The molecule has 2 aliphatic heterocycles. The molecule has 2 saturated heterocycles. The molecule has 6 nitrogen and oxygen atoms in total. The number of nitrogens with zero attached hydrogens (tertiary/aromatic N) is 3. The van der Waals surface area contributed by atoms with Crippen molar-refractivity contribution in [1.29, 1.82) is 5.41 Å². The minimum atomic E-state index is -0.148. The van der Waals surface area contributed by atoms with Crippen LogP contribution >= 0.6 is 0 Å². The number of nitrogens with one attached hydrogen (secondary N) is 2. The van der Waals surface area contributed by atoms with Crippen molar-refractivity contribution in [2.45, 2.75) is 38.3 Å². The van der Waals surface area contributed by atoms with Crippen molar-refractivity contribution in [1.82, 2.24) is 15.2 Å². The molecule has 2 amide bonds. The van der Waals surface area contributed by atoms with Crippen molar-refractivity contribution >= 4 is 18.5 Å². The first-order valence-electron chi connectivity index (χ1n) is 6.43. The second-order valence-electron chi connectivity index (χ2n) is 5.30. The maximum Gasteiger partial charge on any atom is 0.338 e. The molecule has 100 valence electrons. The van der Waals surface area contributed by atoms with Gasteiger partial charge in [0.1, 0.15) is 0 Å². The van der Waals surface area contributed by atoms with Gasteiger partial charge in [0, 0.05) is 31.9 Å². The molecule has 0 bridgehead atoms. The van der Waals surface area contributed by atoms with Crippen LogP contribution in [-0.2, 0) is 0 Å². The van der Waals surface area contributed by atoms with Crippen LogP contribution in [0.4, 0.5) is 4.79 Å². The van der Waals surface area contributed by atoms with Crippen LogP contribution in [0.25, 0.3) is 0 Å². The van der Waals surface area contributed by atoms with Gasteiger partial charge in [-0.3, -0.25) is 4.90 Å². The molecule has 0 aliphatic carbocycles. The summed E-state index contributed by atoms with van der Waals surface area (Å²) in [6.45, 7) is 7.21. The van der Waals surface area contributed by atoms with E-state index in [1.165, 1.54) is 6.21 Å². The van der Waals surface area contributed by atoms with E-state index in [2.05, 4.69) is 29.3 Å². The predicted octanol–water partition coefficient (Wildman–Crippen LogP) is 0.890. The largest absolute Gasteiger partial charge is 0.338 e. The van der Waals surface area contributed by atoms with Gasteiger partial charge in [0.25, 0.3) is 0 Å². The summed E-state index contributed by atoms with van der Waals surface area (Å²) in [5.41, 5.74) is 2.49. The maximum absolute atomic E-state index is 11.9. The summed E-state index contributed by atoms with van der Waals surface area (Å²) in [7, 11) is 0. The Kier molecular flexibility index (Phi) is 3.65. The van der Waals surface area contributed by atoms with Crippen LogP contribution < -0.4 is 5.43 Å². The molecule has 6 heteroatoms. The summed E-state index contributed by atoms with van der Waals surface area (Å²) >= 11 is 0. The Labute approximate surface area is 108 Å².